The SMILES string of the molecule is O=C(COc1ccc([N+](=O)[O-])cc1)NC(=S)Nc1cc(C(=O)O)ccc1Cl. The number of hydrogen-bond acceptors (Lipinski definition) is 6. The summed E-state index contributed by atoms with van der Waals surface area (Å²) in [5, 5.41) is 24.6. The number of aromatic carboxylic acids is 1. The summed E-state index contributed by atoms with van der Waals surface area (Å²) in [7, 11) is 0. The Morgan fingerprint density at radius 3 is 2.48 bits per heavy atom. The fourth-order valence-electron chi connectivity index (χ4n) is 1.88. The molecule has 9 nitrogen and oxygen atoms in total. The Balaban J connectivity index is 1.88. The van der Waals surface area contributed by atoms with Crippen LogP contribution < -0.4 is 15.4 Å². The molecule has 0 aliphatic heterocycles. The van der Waals surface area contributed by atoms with E-state index in [1.54, 1.807) is 0 Å². The number of rotatable bonds is 6. The van der Waals surface area contributed by atoms with Gasteiger partial charge in [0.25, 0.3) is 11.6 Å². The molecule has 2 rings (SSSR count). The third-order valence-corrected chi connectivity index (χ3v) is 3.67. The van der Waals surface area contributed by atoms with Crippen molar-refractivity contribution >= 4 is 52.2 Å². The molecule has 0 radical (unpaired) electrons. The summed E-state index contributed by atoms with van der Waals surface area (Å²) >= 11 is 10.9. The number of thiocarbonyl (C=S) groups is 1. The van der Waals surface area contributed by atoms with Crippen LogP contribution in [0.3, 0.4) is 0 Å². The van der Waals surface area contributed by atoms with E-state index in [0.29, 0.717) is 0 Å². The number of nitro benzene ring substituents is 1. The second-order valence-electron chi connectivity index (χ2n) is 5.04. The quantitative estimate of drug-likeness (QED) is 0.377. The van der Waals surface area contributed by atoms with E-state index >= 15 is 0 Å². The Morgan fingerprint density at radius 1 is 1.22 bits per heavy atom. The van der Waals surface area contributed by atoms with Crippen LogP contribution in [0.2, 0.25) is 5.02 Å². The molecule has 0 saturated carbocycles. The number of ether oxygens (including phenoxy) is 1. The molecule has 140 valence electrons. The minimum Gasteiger partial charge on any atom is -0.484 e. The average Bonchev–Trinajstić information content (AvgIpc) is 2.62. The van der Waals surface area contributed by atoms with Crippen LogP contribution in [-0.4, -0.2) is 33.6 Å². The molecule has 27 heavy (non-hydrogen) atoms. The fraction of sp³-hybridized carbons (Fsp3) is 0.0625. The summed E-state index contributed by atoms with van der Waals surface area (Å²) in [5.74, 6) is -1.45. The summed E-state index contributed by atoms with van der Waals surface area (Å²) in [6.45, 7) is -0.386. The predicted molar refractivity (Wildman–Crippen MR) is 101 cm³/mol. The number of non-ortho nitro benzene ring substituents is 1. The number of carboxylic acid groups (broad SMARTS) is 1. The van der Waals surface area contributed by atoms with E-state index in [4.69, 9.17) is 33.7 Å². The summed E-state index contributed by atoms with van der Waals surface area (Å²) in [4.78, 5) is 32.9. The molecule has 0 atom stereocenters. The van der Waals surface area contributed by atoms with Crippen molar-refractivity contribution < 1.29 is 24.4 Å². The van der Waals surface area contributed by atoms with Crippen molar-refractivity contribution in [1.82, 2.24) is 5.32 Å². The van der Waals surface area contributed by atoms with Crippen LogP contribution in [0.4, 0.5) is 11.4 Å². The highest BCUT2D eigenvalue weighted by molar-refractivity contribution is 7.80. The van der Waals surface area contributed by atoms with Gasteiger partial charge < -0.3 is 15.2 Å². The molecule has 0 saturated heterocycles. The number of carboxylic acids is 1. The van der Waals surface area contributed by atoms with Gasteiger partial charge in [0.15, 0.2) is 11.7 Å². The van der Waals surface area contributed by atoms with E-state index in [1.807, 2.05) is 0 Å². The number of nitro groups is 1. The third kappa shape index (κ3) is 5.90. The second kappa shape index (κ2) is 8.92. The first kappa shape index (κ1) is 20.1. The molecule has 0 heterocycles. The highest BCUT2D eigenvalue weighted by Gasteiger charge is 2.11. The summed E-state index contributed by atoms with van der Waals surface area (Å²) in [6, 6.07) is 9.20. The van der Waals surface area contributed by atoms with Gasteiger partial charge in [0.05, 0.1) is 21.2 Å². The lowest BCUT2D eigenvalue weighted by Gasteiger charge is -2.12. The fourth-order valence-corrected chi connectivity index (χ4v) is 2.27. The summed E-state index contributed by atoms with van der Waals surface area (Å²) < 4.78 is 5.20. The van der Waals surface area contributed by atoms with Crippen molar-refractivity contribution in [3.05, 3.63) is 63.2 Å². The Kier molecular flexibility index (Phi) is 6.63. The van der Waals surface area contributed by atoms with E-state index in [1.165, 1.54) is 42.5 Å². The highest BCUT2D eigenvalue weighted by Crippen LogP contribution is 2.23. The average molecular weight is 410 g/mol. The molecule has 0 unspecified atom stereocenters. The van der Waals surface area contributed by atoms with Crippen molar-refractivity contribution in [2.45, 2.75) is 0 Å². The summed E-state index contributed by atoms with van der Waals surface area (Å²) in [5.41, 5.74) is 0.119. The summed E-state index contributed by atoms with van der Waals surface area (Å²) in [6.07, 6.45) is 0. The van der Waals surface area contributed by atoms with E-state index in [-0.39, 0.29) is 39.4 Å². The lowest BCUT2D eigenvalue weighted by Crippen LogP contribution is -2.37. The Bertz CT molecular complexity index is 904. The van der Waals surface area contributed by atoms with Gasteiger partial charge in [-0.2, -0.15) is 0 Å². The molecule has 0 aliphatic rings. The number of hydrogen-bond donors (Lipinski definition) is 3. The number of nitrogens with zero attached hydrogens (tertiary/aromatic N) is 1. The monoisotopic (exact) mass is 409 g/mol. The molecular weight excluding hydrogens is 398 g/mol. The molecule has 0 fully saturated rings. The van der Waals surface area contributed by atoms with Crippen LogP contribution in [0.25, 0.3) is 0 Å². The van der Waals surface area contributed by atoms with Crippen LogP contribution in [0.1, 0.15) is 10.4 Å². The maximum absolute atomic E-state index is 11.9. The van der Waals surface area contributed by atoms with Gasteiger partial charge in [-0.15, -0.1) is 0 Å². The Hall–Kier alpha value is -3.24. The van der Waals surface area contributed by atoms with Crippen LogP contribution >= 0.6 is 23.8 Å². The van der Waals surface area contributed by atoms with Crippen molar-refractivity contribution in [1.29, 1.82) is 0 Å². The minimum atomic E-state index is -1.14. The zero-order valence-corrected chi connectivity index (χ0v) is 15.0. The van der Waals surface area contributed by atoms with Crippen molar-refractivity contribution in [2.24, 2.45) is 0 Å². The van der Waals surface area contributed by atoms with Gasteiger partial charge in [0.1, 0.15) is 5.75 Å². The minimum absolute atomic E-state index is 0.00229. The number of halogens is 1. The molecule has 0 bridgehead atoms. The molecule has 11 heteroatoms. The second-order valence-corrected chi connectivity index (χ2v) is 5.86. The lowest BCUT2D eigenvalue weighted by molar-refractivity contribution is -0.384. The molecule has 2 aromatic carbocycles. The number of anilines is 1. The molecule has 0 spiro atoms. The van der Waals surface area contributed by atoms with Crippen molar-refractivity contribution in [3.8, 4) is 5.75 Å². The number of carbonyl (C=O) groups excluding carboxylic acids is 1. The van der Waals surface area contributed by atoms with Gasteiger partial charge in [-0.1, -0.05) is 11.6 Å². The molecule has 2 aromatic rings. The maximum atomic E-state index is 11.9. The van der Waals surface area contributed by atoms with E-state index < -0.39 is 16.8 Å². The van der Waals surface area contributed by atoms with Crippen LogP contribution in [0.5, 0.6) is 5.75 Å². The van der Waals surface area contributed by atoms with Gasteiger partial charge in [0, 0.05) is 12.1 Å². The van der Waals surface area contributed by atoms with Gasteiger partial charge >= 0.3 is 5.97 Å². The standard InChI is InChI=1S/C16H12ClN3O6S/c17-12-6-1-9(15(22)23)7-13(12)18-16(27)19-14(21)8-26-11-4-2-10(3-5-11)20(24)25/h1-7H,8H2,(H,22,23)(H2,18,19,21,27). The largest absolute Gasteiger partial charge is 0.484 e. The van der Waals surface area contributed by atoms with E-state index in [0.717, 1.165) is 0 Å². The molecule has 1 amide bonds. The smallest absolute Gasteiger partial charge is 0.335 e. The zero-order valence-electron chi connectivity index (χ0n) is 13.5. The number of nitrogens with one attached hydrogen (secondary N) is 2. The van der Waals surface area contributed by atoms with Gasteiger partial charge in [-0.25, -0.2) is 4.79 Å². The normalized spacial score (nSPS) is 9.96. The van der Waals surface area contributed by atoms with Gasteiger partial charge in [-0.05, 0) is 42.5 Å². The van der Waals surface area contributed by atoms with Crippen molar-refractivity contribution in [2.75, 3.05) is 11.9 Å². The zero-order chi connectivity index (χ0) is 20.0. The first-order valence-electron chi connectivity index (χ1n) is 7.27. The van der Waals surface area contributed by atoms with Crippen LogP contribution in [-0.2, 0) is 4.79 Å². The topological polar surface area (TPSA) is 131 Å². The molecule has 0 aromatic heterocycles. The Labute approximate surface area is 163 Å². The van der Waals surface area contributed by atoms with Crippen LogP contribution in [0.15, 0.2) is 42.5 Å². The van der Waals surface area contributed by atoms with Gasteiger partial charge in [0.2, 0.25) is 0 Å². The molecular formula is C16H12ClN3O6S. The van der Waals surface area contributed by atoms with Crippen LogP contribution in [0, 0.1) is 10.1 Å². The maximum Gasteiger partial charge on any atom is 0.335 e. The van der Waals surface area contributed by atoms with Gasteiger partial charge in [-0.3, -0.25) is 20.2 Å². The third-order valence-electron chi connectivity index (χ3n) is 3.13. The van der Waals surface area contributed by atoms with E-state index in [2.05, 4.69) is 10.6 Å². The first-order chi connectivity index (χ1) is 12.8. The van der Waals surface area contributed by atoms with E-state index in [9.17, 15) is 19.7 Å². The highest BCUT2D eigenvalue weighted by atomic mass is 35.5. The predicted octanol–water partition coefficient (Wildman–Crippen LogP) is 2.84. The number of benzene rings is 2. The Morgan fingerprint density at radius 2 is 1.89 bits per heavy atom. The first-order valence-corrected chi connectivity index (χ1v) is 8.06. The molecule has 0 aliphatic carbocycles. The lowest BCUT2D eigenvalue weighted by atomic mass is 10.2. The molecule has 3 N–H and O–H groups in total. The number of amides is 1. The number of carbonyl (C=O) groups is 2. The van der Waals surface area contributed by atoms with Crippen molar-refractivity contribution in [3.63, 3.8) is 0 Å².